The summed E-state index contributed by atoms with van der Waals surface area (Å²) in [5, 5.41) is 0. The van der Waals surface area contributed by atoms with E-state index in [1.807, 2.05) is 0 Å². The molecule has 0 bridgehead atoms. The molecule has 0 aliphatic carbocycles. The van der Waals surface area contributed by atoms with Crippen LogP contribution in [0.1, 0.15) is 20.3 Å². The molecule has 1 rings (SSSR count). The molecule has 11 heavy (non-hydrogen) atoms. The smallest absolute Gasteiger partial charge is 0.0193 e. The molecule has 0 spiro atoms. The van der Waals surface area contributed by atoms with Crippen molar-refractivity contribution in [2.75, 3.05) is 19.6 Å². The van der Waals surface area contributed by atoms with Crippen molar-refractivity contribution in [2.24, 2.45) is 5.73 Å². The van der Waals surface area contributed by atoms with Crippen molar-refractivity contribution in [3.63, 3.8) is 0 Å². The topological polar surface area (TPSA) is 29.3 Å². The third-order valence-corrected chi connectivity index (χ3v) is 2.33. The highest BCUT2D eigenvalue weighted by Crippen LogP contribution is 2.10. The normalized spacial score (nSPS) is 23.0. The van der Waals surface area contributed by atoms with Crippen molar-refractivity contribution in [3.05, 3.63) is 11.6 Å². The number of nitrogens with two attached hydrogens (primary N) is 1. The summed E-state index contributed by atoms with van der Waals surface area (Å²) in [6.45, 7) is 7.44. The number of rotatable bonds is 2. The van der Waals surface area contributed by atoms with Crippen LogP contribution in [0.5, 0.6) is 0 Å². The van der Waals surface area contributed by atoms with Gasteiger partial charge in [0.05, 0.1) is 0 Å². The fourth-order valence-corrected chi connectivity index (χ4v) is 1.47. The Hall–Kier alpha value is -0.340. The summed E-state index contributed by atoms with van der Waals surface area (Å²) in [6, 6.07) is 0.540. The molecule has 0 saturated carbocycles. The highest BCUT2D eigenvalue weighted by molar-refractivity contribution is 5.05. The molecule has 0 aromatic heterocycles. The molecule has 1 atom stereocenters. The second-order valence-electron chi connectivity index (χ2n) is 3.39. The molecule has 0 amide bonds. The Morgan fingerprint density at radius 3 is 3.00 bits per heavy atom. The Balaban J connectivity index is 2.43. The zero-order valence-electron chi connectivity index (χ0n) is 7.51. The zero-order valence-corrected chi connectivity index (χ0v) is 7.51. The maximum atomic E-state index is 5.59. The molecule has 0 radical (unpaired) electrons. The minimum atomic E-state index is 0.540. The molecular formula is C9H18N2. The minimum absolute atomic E-state index is 0.540. The molecule has 1 unspecified atom stereocenters. The van der Waals surface area contributed by atoms with E-state index in [1.165, 1.54) is 18.5 Å². The largest absolute Gasteiger partial charge is 0.329 e. The summed E-state index contributed by atoms with van der Waals surface area (Å²) in [4.78, 5) is 2.44. The lowest BCUT2D eigenvalue weighted by Gasteiger charge is -2.30. The predicted octanol–water partition coefficient (Wildman–Crippen LogP) is 0.986. The number of hydrogen-bond donors (Lipinski definition) is 1. The van der Waals surface area contributed by atoms with E-state index < -0.39 is 0 Å². The first-order valence-corrected chi connectivity index (χ1v) is 4.33. The minimum Gasteiger partial charge on any atom is -0.329 e. The van der Waals surface area contributed by atoms with Crippen LogP contribution in [-0.4, -0.2) is 30.6 Å². The third kappa shape index (κ3) is 2.31. The molecule has 2 nitrogen and oxygen atoms in total. The molecule has 1 aliphatic heterocycles. The zero-order chi connectivity index (χ0) is 8.27. The maximum Gasteiger partial charge on any atom is 0.0193 e. The monoisotopic (exact) mass is 154 g/mol. The Kier molecular flexibility index (Phi) is 3.09. The average Bonchev–Trinajstić information content (AvgIpc) is 2.03. The lowest BCUT2D eigenvalue weighted by atomic mass is 10.1. The molecule has 2 heteroatoms. The van der Waals surface area contributed by atoms with E-state index in [2.05, 4.69) is 24.8 Å². The van der Waals surface area contributed by atoms with Gasteiger partial charge in [-0.1, -0.05) is 11.6 Å². The highest BCUT2D eigenvalue weighted by atomic mass is 15.2. The lowest BCUT2D eigenvalue weighted by Crippen LogP contribution is -2.41. The summed E-state index contributed by atoms with van der Waals surface area (Å²) in [5.74, 6) is 0. The van der Waals surface area contributed by atoms with Crippen LogP contribution in [0.3, 0.4) is 0 Å². The van der Waals surface area contributed by atoms with E-state index in [9.17, 15) is 0 Å². The van der Waals surface area contributed by atoms with Crippen molar-refractivity contribution >= 4 is 0 Å². The molecular weight excluding hydrogens is 136 g/mol. The fourth-order valence-electron chi connectivity index (χ4n) is 1.47. The fraction of sp³-hybridized carbons (Fsp3) is 0.778. The Morgan fingerprint density at radius 2 is 2.45 bits per heavy atom. The summed E-state index contributed by atoms with van der Waals surface area (Å²) >= 11 is 0. The van der Waals surface area contributed by atoms with Crippen LogP contribution < -0.4 is 5.73 Å². The van der Waals surface area contributed by atoms with Gasteiger partial charge in [0.15, 0.2) is 0 Å². The van der Waals surface area contributed by atoms with Crippen molar-refractivity contribution < 1.29 is 0 Å². The van der Waals surface area contributed by atoms with Gasteiger partial charge < -0.3 is 5.73 Å². The average molecular weight is 154 g/mol. The molecule has 0 aromatic carbocycles. The van der Waals surface area contributed by atoms with E-state index in [1.54, 1.807) is 0 Å². The van der Waals surface area contributed by atoms with Gasteiger partial charge in [0.2, 0.25) is 0 Å². The van der Waals surface area contributed by atoms with Gasteiger partial charge in [0.1, 0.15) is 0 Å². The van der Waals surface area contributed by atoms with E-state index in [4.69, 9.17) is 5.73 Å². The van der Waals surface area contributed by atoms with Gasteiger partial charge >= 0.3 is 0 Å². The lowest BCUT2D eigenvalue weighted by molar-refractivity contribution is 0.226. The highest BCUT2D eigenvalue weighted by Gasteiger charge is 2.14. The molecule has 1 heterocycles. The molecule has 1 aliphatic rings. The Morgan fingerprint density at radius 1 is 1.73 bits per heavy atom. The first-order chi connectivity index (χ1) is 5.24. The first kappa shape index (κ1) is 8.75. The van der Waals surface area contributed by atoms with E-state index >= 15 is 0 Å². The van der Waals surface area contributed by atoms with Gasteiger partial charge in [0, 0.05) is 25.7 Å². The van der Waals surface area contributed by atoms with Crippen molar-refractivity contribution in [2.45, 2.75) is 26.3 Å². The SMILES string of the molecule is CC1=CCCN(C(C)CN)C1. The van der Waals surface area contributed by atoms with Crippen molar-refractivity contribution in [3.8, 4) is 0 Å². The van der Waals surface area contributed by atoms with Crippen LogP contribution >= 0.6 is 0 Å². The van der Waals surface area contributed by atoms with Gasteiger partial charge in [-0.3, -0.25) is 4.90 Å². The number of nitrogens with zero attached hydrogens (tertiary/aromatic N) is 1. The van der Waals surface area contributed by atoms with Crippen LogP contribution in [0.2, 0.25) is 0 Å². The van der Waals surface area contributed by atoms with Crippen LogP contribution in [0, 0.1) is 0 Å². The summed E-state index contributed by atoms with van der Waals surface area (Å²) < 4.78 is 0. The summed E-state index contributed by atoms with van der Waals surface area (Å²) in [5.41, 5.74) is 7.07. The molecule has 0 fully saturated rings. The Bertz CT molecular complexity index is 152. The molecule has 64 valence electrons. The standard InChI is InChI=1S/C9H18N2/c1-8-4-3-5-11(7-8)9(2)6-10/h4,9H,3,5-7,10H2,1-2H3. The number of hydrogen-bond acceptors (Lipinski definition) is 2. The summed E-state index contributed by atoms with van der Waals surface area (Å²) in [7, 11) is 0. The summed E-state index contributed by atoms with van der Waals surface area (Å²) in [6.07, 6.45) is 3.51. The third-order valence-electron chi connectivity index (χ3n) is 2.33. The van der Waals surface area contributed by atoms with Crippen LogP contribution in [0.4, 0.5) is 0 Å². The van der Waals surface area contributed by atoms with E-state index in [0.29, 0.717) is 6.04 Å². The van der Waals surface area contributed by atoms with Gasteiger partial charge in [-0.2, -0.15) is 0 Å². The van der Waals surface area contributed by atoms with E-state index in [0.717, 1.165) is 13.1 Å². The van der Waals surface area contributed by atoms with Crippen LogP contribution in [0.25, 0.3) is 0 Å². The van der Waals surface area contributed by atoms with Crippen LogP contribution in [0.15, 0.2) is 11.6 Å². The molecule has 0 aromatic rings. The Labute approximate surface area is 69.1 Å². The second kappa shape index (κ2) is 3.88. The molecule has 2 N–H and O–H groups in total. The van der Waals surface area contributed by atoms with E-state index in [-0.39, 0.29) is 0 Å². The van der Waals surface area contributed by atoms with Gasteiger partial charge in [-0.25, -0.2) is 0 Å². The quantitative estimate of drug-likeness (QED) is 0.601. The molecule has 0 saturated heterocycles. The van der Waals surface area contributed by atoms with Crippen LogP contribution in [-0.2, 0) is 0 Å². The first-order valence-electron chi connectivity index (χ1n) is 4.33. The van der Waals surface area contributed by atoms with Gasteiger partial charge in [0.25, 0.3) is 0 Å². The predicted molar refractivity (Wildman–Crippen MR) is 48.5 cm³/mol. The van der Waals surface area contributed by atoms with Crippen molar-refractivity contribution in [1.29, 1.82) is 0 Å². The van der Waals surface area contributed by atoms with Gasteiger partial charge in [-0.05, 0) is 20.3 Å². The van der Waals surface area contributed by atoms with Gasteiger partial charge in [-0.15, -0.1) is 0 Å². The second-order valence-corrected chi connectivity index (χ2v) is 3.39. The van der Waals surface area contributed by atoms with Crippen molar-refractivity contribution in [1.82, 2.24) is 4.90 Å². The maximum absolute atomic E-state index is 5.59.